The van der Waals surface area contributed by atoms with Crippen molar-refractivity contribution in [1.29, 1.82) is 0 Å². The minimum absolute atomic E-state index is 0.0531. The smallest absolute Gasteiger partial charge is 0.222 e. The van der Waals surface area contributed by atoms with Crippen molar-refractivity contribution in [1.82, 2.24) is 10.6 Å². The van der Waals surface area contributed by atoms with Crippen molar-refractivity contribution in [2.24, 2.45) is 5.92 Å². The van der Waals surface area contributed by atoms with E-state index in [0.29, 0.717) is 38.3 Å². The Morgan fingerprint density at radius 2 is 2.05 bits per heavy atom. The van der Waals surface area contributed by atoms with Crippen LogP contribution in [-0.2, 0) is 14.3 Å². The first kappa shape index (κ1) is 17.4. The second kappa shape index (κ2) is 10.1. The van der Waals surface area contributed by atoms with Gasteiger partial charge in [0, 0.05) is 13.0 Å². The zero-order valence-corrected chi connectivity index (χ0v) is 13.1. The number of piperidine rings is 1. The van der Waals surface area contributed by atoms with Crippen LogP contribution in [0, 0.1) is 5.92 Å². The Kier molecular flexibility index (Phi) is 8.82. The Balaban J connectivity index is 2.16. The van der Waals surface area contributed by atoms with Gasteiger partial charge in [-0.25, -0.2) is 0 Å². The molecule has 0 saturated carbocycles. The average molecular weight is 286 g/mol. The number of hydrogen-bond donors (Lipinski definition) is 2. The molecule has 2 N–H and O–H groups in total. The summed E-state index contributed by atoms with van der Waals surface area (Å²) in [5.74, 6) is 0.424. The molecule has 1 rings (SSSR count). The first-order valence-electron chi connectivity index (χ1n) is 7.83. The maximum atomic E-state index is 11.9. The molecule has 0 aliphatic carbocycles. The lowest BCUT2D eigenvalue weighted by atomic mass is 10.1. The van der Waals surface area contributed by atoms with E-state index in [1.165, 1.54) is 0 Å². The number of hydrogen-bond acceptors (Lipinski definition) is 4. The molecule has 118 valence electrons. The summed E-state index contributed by atoms with van der Waals surface area (Å²) in [5, 5.41) is 6.33. The lowest BCUT2D eigenvalue weighted by Gasteiger charge is -2.24. The van der Waals surface area contributed by atoms with Gasteiger partial charge in [-0.3, -0.25) is 4.79 Å². The van der Waals surface area contributed by atoms with Gasteiger partial charge in [0.05, 0.1) is 25.4 Å². The third-order valence-corrected chi connectivity index (χ3v) is 3.62. The maximum absolute atomic E-state index is 11.9. The summed E-state index contributed by atoms with van der Waals surface area (Å²) in [4.78, 5) is 11.9. The number of nitrogens with one attached hydrogen (secondary N) is 2. The molecule has 1 unspecified atom stereocenters. The van der Waals surface area contributed by atoms with E-state index in [9.17, 15) is 4.79 Å². The van der Waals surface area contributed by atoms with Crippen LogP contribution < -0.4 is 10.6 Å². The summed E-state index contributed by atoms with van der Waals surface area (Å²) in [7, 11) is 0. The molecule has 1 aliphatic rings. The highest BCUT2D eigenvalue weighted by atomic mass is 16.5. The highest BCUT2D eigenvalue weighted by Crippen LogP contribution is 2.08. The number of ether oxygens (including phenoxy) is 2. The molecule has 0 spiro atoms. The first-order valence-corrected chi connectivity index (χ1v) is 7.83. The van der Waals surface area contributed by atoms with Crippen molar-refractivity contribution < 1.29 is 14.3 Å². The minimum atomic E-state index is 0.0531. The van der Waals surface area contributed by atoms with Crippen molar-refractivity contribution in [2.75, 3.05) is 32.9 Å². The molecule has 1 saturated heterocycles. The first-order chi connectivity index (χ1) is 9.63. The molecule has 0 aromatic carbocycles. The monoisotopic (exact) mass is 286 g/mol. The Morgan fingerprint density at radius 1 is 1.35 bits per heavy atom. The fourth-order valence-electron chi connectivity index (χ4n) is 2.20. The summed E-state index contributed by atoms with van der Waals surface area (Å²) < 4.78 is 11.1. The normalized spacial score (nSPS) is 18.2. The Labute approximate surface area is 122 Å². The Hall–Kier alpha value is -0.650. The van der Waals surface area contributed by atoms with Crippen LogP contribution in [0.1, 0.15) is 40.0 Å². The third kappa shape index (κ3) is 7.22. The van der Waals surface area contributed by atoms with Crippen molar-refractivity contribution in [3.8, 4) is 0 Å². The third-order valence-electron chi connectivity index (χ3n) is 3.62. The van der Waals surface area contributed by atoms with Crippen LogP contribution in [0.5, 0.6) is 0 Å². The topological polar surface area (TPSA) is 59.6 Å². The summed E-state index contributed by atoms with van der Waals surface area (Å²) in [6.07, 6.45) is 2.83. The molecule has 0 aromatic rings. The van der Waals surface area contributed by atoms with Gasteiger partial charge in [-0.05, 0) is 38.8 Å². The molecule has 0 aromatic heterocycles. The Morgan fingerprint density at radius 3 is 2.65 bits per heavy atom. The fraction of sp³-hybridized carbons (Fsp3) is 0.933. The molecule has 1 fully saturated rings. The summed E-state index contributed by atoms with van der Waals surface area (Å²) in [6, 6.07) is 0.0846. The quantitative estimate of drug-likeness (QED) is 0.671. The Bertz CT molecular complexity index is 266. The minimum Gasteiger partial charge on any atom is -0.380 e. The lowest BCUT2D eigenvalue weighted by Crippen LogP contribution is -2.42. The molecule has 1 aliphatic heterocycles. The van der Waals surface area contributed by atoms with E-state index in [-0.39, 0.29) is 11.9 Å². The van der Waals surface area contributed by atoms with Gasteiger partial charge in [-0.1, -0.05) is 13.8 Å². The molecule has 0 bridgehead atoms. The van der Waals surface area contributed by atoms with Gasteiger partial charge < -0.3 is 20.1 Å². The van der Waals surface area contributed by atoms with Crippen LogP contribution in [0.4, 0.5) is 0 Å². The van der Waals surface area contributed by atoms with Gasteiger partial charge in [0.1, 0.15) is 0 Å². The number of amides is 1. The van der Waals surface area contributed by atoms with Gasteiger partial charge in [-0.2, -0.15) is 0 Å². The second-order valence-electron chi connectivity index (χ2n) is 5.65. The fourth-order valence-corrected chi connectivity index (χ4v) is 2.20. The zero-order chi connectivity index (χ0) is 14.8. The van der Waals surface area contributed by atoms with Crippen molar-refractivity contribution in [2.45, 2.75) is 52.2 Å². The van der Waals surface area contributed by atoms with Crippen LogP contribution in [0.25, 0.3) is 0 Å². The van der Waals surface area contributed by atoms with E-state index in [2.05, 4.69) is 24.5 Å². The maximum Gasteiger partial charge on any atom is 0.222 e. The zero-order valence-electron chi connectivity index (χ0n) is 13.1. The van der Waals surface area contributed by atoms with Gasteiger partial charge >= 0.3 is 0 Å². The van der Waals surface area contributed by atoms with Gasteiger partial charge in [0.15, 0.2) is 0 Å². The summed E-state index contributed by atoms with van der Waals surface area (Å²) >= 11 is 0. The van der Waals surface area contributed by atoms with E-state index in [0.717, 1.165) is 25.9 Å². The SMILES string of the molecule is CCOCC(NC(=O)CCOC1CCNCC1)C(C)C. The van der Waals surface area contributed by atoms with Gasteiger partial charge in [0.2, 0.25) is 5.91 Å². The highest BCUT2D eigenvalue weighted by Gasteiger charge is 2.17. The van der Waals surface area contributed by atoms with E-state index < -0.39 is 0 Å². The van der Waals surface area contributed by atoms with Gasteiger partial charge in [-0.15, -0.1) is 0 Å². The molecular formula is C15H30N2O3. The molecule has 1 atom stereocenters. The van der Waals surface area contributed by atoms with Crippen molar-refractivity contribution in [3.63, 3.8) is 0 Å². The predicted molar refractivity (Wildman–Crippen MR) is 79.7 cm³/mol. The number of carbonyl (C=O) groups excluding carboxylic acids is 1. The van der Waals surface area contributed by atoms with Crippen LogP contribution in [0.2, 0.25) is 0 Å². The van der Waals surface area contributed by atoms with Crippen LogP contribution >= 0.6 is 0 Å². The van der Waals surface area contributed by atoms with Crippen LogP contribution in [-0.4, -0.2) is 51.0 Å². The number of rotatable bonds is 9. The largest absolute Gasteiger partial charge is 0.380 e. The highest BCUT2D eigenvalue weighted by molar-refractivity contribution is 5.76. The van der Waals surface area contributed by atoms with E-state index >= 15 is 0 Å². The molecule has 1 heterocycles. The van der Waals surface area contributed by atoms with E-state index in [1.54, 1.807) is 0 Å². The van der Waals surface area contributed by atoms with Crippen molar-refractivity contribution >= 4 is 5.91 Å². The molecule has 20 heavy (non-hydrogen) atoms. The van der Waals surface area contributed by atoms with E-state index in [4.69, 9.17) is 9.47 Å². The van der Waals surface area contributed by atoms with Gasteiger partial charge in [0.25, 0.3) is 0 Å². The molecule has 5 heteroatoms. The number of carbonyl (C=O) groups is 1. The molecule has 1 amide bonds. The predicted octanol–water partition coefficient (Wildman–Crippen LogP) is 1.32. The lowest BCUT2D eigenvalue weighted by molar-refractivity contribution is -0.124. The molecule has 0 radical (unpaired) electrons. The van der Waals surface area contributed by atoms with Crippen molar-refractivity contribution in [3.05, 3.63) is 0 Å². The summed E-state index contributed by atoms with van der Waals surface area (Å²) in [5.41, 5.74) is 0. The standard InChI is InChI=1S/C15H30N2O3/c1-4-19-11-14(12(2)3)17-15(18)7-10-20-13-5-8-16-9-6-13/h12-14,16H,4-11H2,1-3H3,(H,17,18). The second-order valence-corrected chi connectivity index (χ2v) is 5.65. The summed E-state index contributed by atoms with van der Waals surface area (Å²) in [6.45, 7) is 9.95. The van der Waals surface area contributed by atoms with Crippen LogP contribution in [0.3, 0.4) is 0 Å². The molecule has 5 nitrogen and oxygen atoms in total. The van der Waals surface area contributed by atoms with Crippen LogP contribution in [0.15, 0.2) is 0 Å². The average Bonchev–Trinajstić information content (AvgIpc) is 2.44. The molecular weight excluding hydrogens is 256 g/mol. The van der Waals surface area contributed by atoms with E-state index in [1.807, 2.05) is 6.92 Å².